The van der Waals surface area contributed by atoms with E-state index in [9.17, 15) is 4.79 Å². The van der Waals surface area contributed by atoms with Gasteiger partial charge in [-0.05, 0) is 29.7 Å². The molecule has 0 saturated carbocycles. The van der Waals surface area contributed by atoms with Crippen LogP contribution in [0.25, 0.3) is 22.0 Å². The summed E-state index contributed by atoms with van der Waals surface area (Å²) in [7, 11) is 0. The second-order valence-corrected chi connectivity index (χ2v) is 6.13. The van der Waals surface area contributed by atoms with Crippen LogP contribution < -0.4 is 5.56 Å². The fraction of sp³-hybridized carbons (Fsp3) is 0.111. The number of fused-ring (bicyclic) bond motifs is 1. The quantitative estimate of drug-likeness (QED) is 0.591. The number of pyridine rings is 1. The Morgan fingerprint density at radius 3 is 2.64 bits per heavy atom. The van der Waals surface area contributed by atoms with Crippen LogP contribution >= 0.6 is 11.6 Å². The minimum absolute atomic E-state index is 0.135. The van der Waals surface area contributed by atoms with Crippen molar-refractivity contribution in [2.24, 2.45) is 0 Å². The minimum Gasteiger partial charge on any atom is -0.321 e. The molecule has 2 N–H and O–H groups in total. The summed E-state index contributed by atoms with van der Waals surface area (Å²) in [5.74, 6) is 0.612. The molecule has 4 rings (SSSR count). The number of rotatable bonds is 4. The molecular formula is C18H14ClN5O. The van der Waals surface area contributed by atoms with E-state index in [0.717, 1.165) is 22.0 Å². The second-order valence-electron chi connectivity index (χ2n) is 5.69. The molecule has 7 heteroatoms. The van der Waals surface area contributed by atoms with Gasteiger partial charge in [-0.2, -0.15) is 5.21 Å². The van der Waals surface area contributed by atoms with Gasteiger partial charge in [0.1, 0.15) is 0 Å². The molecule has 0 aliphatic heterocycles. The fourth-order valence-corrected chi connectivity index (χ4v) is 3.21. The molecule has 6 nitrogen and oxygen atoms in total. The average Bonchev–Trinajstić information content (AvgIpc) is 3.13. The number of hydrogen-bond donors (Lipinski definition) is 2. The van der Waals surface area contributed by atoms with Crippen LogP contribution in [0.15, 0.2) is 53.3 Å². The average molecular weight is 352 g/mol. The van der Waals surface area contributed by atoms with Gasteiger partial charge in [0.05, 0.1) is 11.1 Å². The van der Waals surface area contributed by atoms with E-state index < -0.39 is 0 Å². The Kier molecular flexibility index (Phi) is 4.03. The lowest BCUT2D eigenvalue weighted by molar-refractivity contribution is 0.868. The molecule has 25 heavy (non-hydrogen) atoms. The number of nitrogens with zero attached hydrogens (tertiary/aromatic N) is 3. The first-order valence-electron chi connectivity index (χ1n) is 7.84. The van der Waals surface area contributed by atoms with Gasteiger partial charge in [0, 0.05) is 16.8 Å². The molecule has 0 spiro atoms. The molecule has 0 aliphatic rings. The molecule has 0 amide bonds. The molecule has 4 aromatic rings. The summed E-state index contributed by atoms with van der Waals surface area (Å²) in [6, 6.07) is 15.2. The molecule has 0 bridgehead atoms. The van der Waals surface area contributed by atoms with Crippen molar-refractivity contribution in [1.29, 1.82) is 0 Å². The van der Waals surface area contributed by atoms with Crippen molar-refractivity contribution in [3.05, 3.63) is 75.3 Å². The highest BCUT2D eigenvalue weighted by molar-refractivity contribution is 6.31. The van der Waals surface area contributed by atoms with Crippen LogP contribution in [-0.2, 0) is 12.8 Å². The normalized spacial score (nSPS) is 11.1. The number of aromatic amines is 2. The van der Waals surface area contributed by atoms with Crippen molar-refractivity contribution >= 4 is 22.5 Å². The summed E-state index contributed by atoms with van der Waals surface area (Å²) < 4.78 is 0. The van der Waals surface area contributed by atoms with E-state index in [0.29, 0.717) is 29.3 Å². The number of nitrogens with one attached hydrogen (secondary N) is 2. The lowest BCUT2D eigenvalue weighted by Gasteiger charge is -2.12. The molecule has 2 aromatic heterocycles. The third-order valence-electron chi connectivity index (χ3n) is 4.13. The van der Waals surface area contributed by atoms with Gasteiger partial charge in [0.2, 0.25) is 0 Å². The summed E-state index contributed by atoms with van der Waals surface area (Å²) in [5, 5.41) is 15.6. The van der Waals surface area contributed by atoms with Gasteiger partial charge < -0.3 is 4.98 Å². The summed E-state index contributed by atoms with van der Waals surface area (Å²) in [6.45, 7) is 0. The van der Waals surface area contributed by atoms with Gasteiger partial charge in [-0.3, -0.25) is 4.79 Å². The van der Waals surface area contributed by atoms with Crippen molar-refractivity contribution in [2.75, 3.05) is 0 Å². The minimum atomic E-state index is -0.135. The second kappa shape index (κ2) is 6.49. The molecule has 0 unspecified atom stereocenters. The lowest BCUT2D eigenvalue weighted by Crippen LogP contribution is -2.13. The van der Waals surface area contributed by atoms with E-state index in [1.165, 1.54) is 0 Å². The molecule has 0 radical (unpaired) electrons. The number of halogens is 1. The smallest absolute Gasteiger partial charge is 0.256 e. The van der Waals surface area contributed by atoms with Gasteiger partial charge in [-0.1, -0.05) is 53.2 Å². The molecule has 0 saturated heterocycles. The molecule has 124 valence electrons. The van der Waals surface area contributed by atoms with Gasteiger partial charge in [0.25, 0.3) is 5.56 Å². The Morgan fingerprint density at radius 1 is 1.04 bits per heavy atom. The first-order valence-corrected chi connectivity index (χ1v) is 8.22. The molecule has 2 aromatic carbocycles. The first kappa shape index (κ1) is 15.5. The third-order valence-corrected chi connectivity index (χ3v) is 4.37. The summed E-state index contributed by atoms with van der Waals surface area (Å²) in [4.78, 5) is 15.7. The number of H-pyrrole nitrogens is 2. The Balaban J connectivity index is 1.92. The van der Waals surface area contributed by atoms with E-state index in [4.69, 9.17) is 11.6 Å². The topological polar surface area (TPSA) is 87.3 Å². The van der Waals surface area contributed by atoms with Crippen LogP contribution in [0.3, 0.4) is 0 Å². The van der Waals surface area contributed by atoms with E-state index in [-0.39, 0.29) is 5.56 Å². The van der Waals surface area contributed by atoms with Crippen molar-refractivity contribution in [3.8, 4) is 11.1 Å². The molecule has 0 atom stereocenters. The molecule has 2 heterocycles. The van der Waals surface area contributed by atoms with Gasteiger partial charge >= 0.3 is 0 Å². The number of hydrogen-bond acceptors (Lipinski definition) is 4. The maximum Gasteiger partial charge on any atom is 0.256 e. The number of aryl methyl sites for hydroxylation is 2. The number of benzene rings is 2. The zero-order valence-electron chi connectivity index (χ0n) is 13.2. The summed E-state index contributed by atoms with van der Waals surface area (Å²) in [5.41, 5.74) is 3.08. The first-order chi connectivity index (χ1) is 12.2. The predicted octanol–water partition coefficient (Wildman–Crippen LogP) is 3.15. The Labute approximate surface area is 147 Å². The highest BCUT2D eigenvalue weighted by Gasteiger charge is 2.15. The van der Waals surface area contributed by atoms with Crippen LogP contribution in [0.2, 0.25) is 5.02 Å². The number of aromatic nitrogens is 5. The van der Waals surface area contributed by atoms with E-state index in [2.05, 4.69) is 25.6 Å². The monoisotopic (exact) mass is 351 g/mol. The Morgan fingerprint density at radius 2 is 1.88 bits per heavy atom. The SMILES string of the molecule is O=c1[nH]c2cc(Cl)ccc2c(CCc2nn[nH]n2)c1-c1ccccc1. The van der Waals surface area contributed by atoms with E-state index >= 15 is 0 Å². The lowest BCUT2D eigenvalue weighted by atomic mass is 9.94. The van der Waals surface area contributed by atoms with Crippen molar-refractivity contribution in [3.63, 3.8) is 0 Å². The third kappa shape index (κ3) is 3.04. The largest absolute Gasteiger partial charge is 0.321 e. The van der Waals surface area contributed by atoms with E-state index in [1.54, 1.807) is 6.07 Å². The van der Waals surface area contributed by atoms with Crippen molar-refractivity contribution in [2.45, 2.75) is 12.8 Å². The molecule has 0 aliphatic carbocycles. The maximum absolute atomic E-state index is 12.8. The fourth-order valence-electron chi connectivity index (χ4n) is 3.03. The van der Waals surface area contributed by atoms with Crippen LogP contribution in [0.1, 0.15) is 11.4 Å². The van der Waals surface area contributed by atoms with Gasteiger partial charge in [-0.15, -0.1) is 10.2 Å². The van der Waals surface area contributed by atoms with Crippen LogP contribution in [-0.4, -0.2) is 25.6 Å². The van der Waals surface area contributed by atoms with Gasteiger partial charge in [0.15, 0.2) is 5.82 Å². The Hall–Kier alpha value is -2.99. The maximum atomic E-state index is 12.8. The van der Waals surface area contributed by atoms with Crippen LogP contribution in [0, 0.1) is 0 Å². The zero-order valence-corrected chi connectivity index (χ0v) is 13.9. The van der Waals surface area contributed by atoms with Crippen molar-refractivity contribution in [1.82, 2.24) is 25.6 Å². The number of tetrazole rings is 1. The highest BCUT2D eigenvalue weighted by atomic mass is 35.5. The zero-order chi connectivity index (χ0) is 17.2. The van der Waals surface area contributed by atoms with Gasteiger partial charge in [-0.25, -0.2) is 0 Å². The highest BCUT2D eigenvalue weighted by Crippen LogP contribution is 2.28. The molecule has 0 fully saturated rings. The van der Waals surface area contributed by atoms with Crippen LogP contribution in [0.4, 0.5) is 0 Å². The molecular weight excluding hydrogens is 338 g/mol. The van der Waals surface area contributed by atoms with Crippen molar-refractivity contribution < 1.29 is 0 Å². The summed E-state index contributed by atoms with van der Waals surface area (Å²) >= 11 is 6.08. The predicted molar refractivity (Wildman–Crippen MR) is 96.6 cm³/mol. The van der Waals surface area contributed by atoms with E-state index in [1.807, 2.05) is 42.5 Å². The standard InChI is InChI=1S/C18H14ClN5O/c19-12-6-7-13-14(8-9-16-21-23-24-22-16)17(11-4-2-1-3-5-11)18(25)20-15(13)10-12/h1-7,10H,8-9H2,(H,20,25)(H,21,22,23,24). The van der Waals surface area contributed by atoms with Crippen LogP contribution in [0.5, 0.6) is 0 Å². The summed E-state index contributed by atoms with van der Waals surface area (Å²) in [6.07, 6.45) is 1.20. The Bertz CT molecular complexity index is 1070.